The minimum atomic E-state index is 0.137. The summed E-state index contributed by atoms with van der Waals surface area (Å²) in [6.45, 7) is 9.29. The van der Waals surface area contributed by atoms with Crippen LogP contribution in [0.2, 0.25) is 0 Å². The van der Waals surface area contributed by atoms with E-state index in [4.69, 9.17) is 4.74 Å². The maximum absolute atomic E-state index is 12.7. The van der Waals surface area contributed by atoms with Crippen LogP contribution in [-0.4, -0.2) is 42.8 Å². The van der Waals surface area contributed by atoms with Crippen molar-refractivity contribution in [3.05, 3.63) is 0 Å². The van der Waals surface area contributed by atoms with Crippen LogP contribution in [0.4, 0.5) is 4.79 Å². The van der Waals surface area contributed by atoms with E-state index in [0.717, 1.165) is 38.5 Å². The summed E-state index contributed by atoms with van der Waals surface area (Å²) in [5, 5.41) is 3.24. The van der Waals surface area contributed by atoms with Crippen molar-refractivity contribution < 1.29 is 9.53 Å². The van der Waals surface area contributed by atoms with Gasteiger partial charge in [0.15, 0.2) is 0 Å². The number of rotatable bonds is 2. The predicted octanol–water partition coefficient (Wildman–Crippen LogP) is 3.80. The number of nitrogens with one attached hydrogen (secondary N) is 1. The molecule has 3 fully saturated rings. The molecule has 0 aromatic rings. The highest BCUT2D eigenvalue weighted by Crippen LogP contribution is 2.36. The first-order valence-corrected chi connectivity index (χ1v) is 9.63. The molecular formula is C19H34N2O2. The van der Waals surface area contributed by atoms with Crippen molar-refractivity contribution in [1.29, 1.82) is 0 Å². The zero-order valence-corrected chi connectivity index (χ0v) is 15.1. The zero-order chi connectivity index (χ0) is 16.4. The summed E-state index contributed by atoms with van der Waals surface area (Å²) in [7, 11) is 0. The molecule has 2 heterocycles. The number of ether oxygens (including phenoxy) is 1. The van der Waals surface area contributed by atoms with Gasteiger partial charge in [0.1, 0.15) is 0 Å². The summed E-state index contributed by atoms with van der Waals surface area (Å²) in [6, 6.07) is 0.669. The van der Waals surface area contributed by atoms with Crippen LogP contribution in [0.25, 0.3) is 0 Å². The topological polar surface area (TPSA) is 41.6 Å². The molecule has 132 valence electrons. The molecule has 0 bridgehead atoms. The van der Waals surface area contributed by atoms with E-state index < -0.39 is 0 Å². The lowest BCUT2D eigenvalue weighted by Crippen LogP contribution is -2.49. The van der Waals surface area contributed by atoms with E-state index >= 15 is 0 Å². The number of likely N-dealkylation sites (tertiary alicyclic amines) is 1. The van der Waals surface area contributed by atoms with Gasteiger partial charge in [0.25, 0.3) is 0 Å². The van der Waals surface area contributed by atoms with Crippen LogP contribution in [-0.2, 0) is 4.74 Å². The van der Waals surface area contributed by atoms with Crippen LogP contribution < -0.4 is 5.32 Å². The number of fused-ring (bicyclic) bond motifs is 1. The maximum Gasteiger partial charge on any atom is 0.317 e. The summed E-state index contributed by atoms with van der Waals surface area (Å²) >= 11 is 0. The molecule has 2 saturated heterocycles. The van der Waals surface area contributed by atoms with E-state index in [-0.39, 0.29) is 17.6 Å². The first-order chi connectivity index (χ1) is 11.0. The fraction of sp³-hybridized carbons (Fsp3) is 0.947. The molecule has 0 radical (unpaired) electrons. The van der Waals surface area contributed by atoms with Gasteiger partial charge in [-0.1, -0.05) is 33.6 Å². The fourth-order valence-corrected chi connectivity index (χ4v) is 4.99. The van der Waals surface area contributed by atoms with Crippen molar-refractivity contribution in [1.82, 2.24) is 10.2 Å². The summed E-state index contributed by atoms with van der Waals surface area (Å²) in [5.74, 6) is 1.20. The summed E-state index contributed by atoms with van der Waals surface area (Å²) in [6.07, 6.45) is 8.88. The number of carbonyl (C=O) groups excluding carboxylic acids is 1. The Labute approximate surface area is 141 Å². The Kier molecular flexibility index (Phi) is 5.19. The lowest BCUT2D eigenvalue weighted by Gasteiger charge is -2.40. The van der Waals surface area contributed by atoms with Crippen LogP contribution >= 0.6 is 0 Å². The second-order valence-electron chi connectivity index (χ2n) is 8.84. The van der Waals surface area contributed by atoms with Crippen LogP contribution in [0.1, 0.15) is 65.7 Å². The average molecular weight is 322 g/mol. The molecule has 1 N–H and O–H groups in total. The van der Waals surface area contributed by atoms with Gasteiger partial charge in [-0.2, -0.15) is 0 Å². The zero-order valence-electron chi connectivity index (χ0n) is 15.1. The second-order valence-corrected chi connectivity index (χ2v) is 8.84. The van der Waals surface area contributed by atoms with Gasteiger partial charge in [0.2, 0.25) is 0 Å². The number of carbonyl (C=O) groups is 1. The fourth-order valence-electron chi connectivity index (χ4n) is 4.99. The molecule has 3 aliphatic rings. The van der Waals surface area contributed by atoms with Gasteiger partial charge in [-0.25, -0.2) is 4.79 Å². The van der Waals surface area contributed by atoms with Gasteiger partial charge in [-0.05, 0) is 43.4 Å². The van der Waals surface area contributed by atoms with Crippen molar-refractivity contribution in [3.63, 3.8) is 0 Å². The third-order valence-electron chi connectivity index (χ3n) is 6.08. The Bertz CT molecular complexity index is 418. The molecule has 4 heteroatoms. The Morgan fingerprint density at radius 3 is 2.70 bits per heavy atom. The van der Waals surface area contributed by atoms with Crippen molar-refractivity contribution in [3.8, 4) is 0 Å². The van der Waals surface area contributed by atoms with Gasteiger partial charge in [0.05, 0.1) is 6.10 Å². The van der Waals surface area contributed by atoms with E-state index in [1.165, 1.54) is 32.1 Å². The summed E-state index contributed by atoms with van der Waals surface area (Å²) in [4.78, 5) is 14.8. The molecule has 1 aliphatic carbocycles. The van der Waals surface area contributed by atoms with Crippen LogP contribution in [0.3, 0.4) is 0 Å². The highest BCUT2D eigenvalue weighted by molar-refractivity contribution is 5.75. The highest BCUT2D eigenvalue weighted by atomic mass is 16.5. The van der Waals surface area contributed by atoms with Gasteiger partial charge in [-0.3, -0.25) is 0 Å². The molecule has 0 unspecified atom stereocenters. The highest BCUT2D eigenvalue weighted by Gasteiger charge is 2.39. The Morgan fingerprint density at radius 2 is 1.91 bits per heavy atom. The van der Waals surface area contributed by atoms with Crippen molar-refractivity contribution in [2.45, 2.75) is 77.9 Å². The molecule has 3 rings (SSSR count). The number of urea groups is 1. The second kappa shape index (κ2) is 7.00. The van der Waals surface area contributed by atoms with Gasteiger partial charge >= 0.3 is 6.03 Å². The SMILES string of the molecule is CC(C)(C)[C@@H]1OCCC[C@@H]1CNC(=O)N1CC[C@@H]2CCCC[C@H]21. The van der Waals surface area contributed by atoms with E-state index in [2.05, 4.69) is 31.0 Å². The molecular weight excluding hydrogens is 288 g/mol. The lowest BCUT2D eigenvalue weighted by molar-refractivity contribution is -0.0839. The Hall–Kier alpha value is -0.770. The first kappa shape index (κ1) is 17.1. The van der Waals surface area contributed by atoms with Gasteiger partial charge in [-0.15, -0.1) is 0 Å². The predicted molar refractivity (Wildman–Crippen MR) is 92.4 cm³/mol. The minimum absolute atomic E-state index is 0.137. The number of hydrogen-bond acceptors (Lipinski definition) is 2. The number of hydrogen-bond donors (Lipinski definition) is 1. The molecule has 0 aromatic heterocycles. The van der Waals surface area contributed by atoms with Crippen LogP contribution in [0.5, 0.6) is 0 Å². The molecule has 1 saturated carbocycles. The quantitative estimate of drug-likeness (QED) is 0.840. The molecule has 23 heavy (non-hydrogen) atoms. The Morgan fingerprint density at radius 1 is 1.13 bits per heavy atom. The monoisotopic (exact) mass is 322 g/mol. The molecule has 0 spiro atoms. The largest absolute Gasteiger partial charge is 0.377 e. The minimum Gasteiger partial charge on any atom is -0.377 e. The number of nitrogens with zero attached hydrogens (tertiary/aromatic N) is 1. The first-order valence-electron chi connectivity index (χ1n) is 9.63. The molecule has 2 aliphatic heterocycles. The average Bonchev–Trinajstić information content (AvgIpc) is 2.96. The molecule has 4 nitrogen and oxygen atoms in total. The van der Waals surface area contributed by atoms with E-state index in [0.29, 0.717) is 12.0 Å². The van der Waals surface area contributed by atoms with Gasteiger partial charge in [0, 0.05) is 31.7 Å². The molecule has 2 amide bonds. The Balaban J connectivity index is 1.54. The standard InChI is InChI=1S/C19H34N2O2/c1-19(2,3)17-15(8-6-12-23-17)13-20-18(22)21-11-10-14-7-4-5-9-16(14)21/h14-17H,4-13H2,1-3H3,(H,20,22)/t14-,15+,16+,17+/m0/s1. The smallest absolute Gasteiger partial charge is 0.317 e. The van der Waals surface area contributed by atoms with Crippen LogP contribution in [0, 0.1) is 17.3 Å². The molecule has 4 atom stereocenters. The van der Waals surface area contributed by atoms with Crippen molar-refractivity contribution in [2.75, 3.05) is 19.7 Å². The van der Waals surface area contributed by atoms with E-state index in [1.807, 2.05) is 0 Å². The number of amides is 2. The third-order valence-corrected chi connectivity index (χ3v) is 6.08. The van der Waals surface area contributed by atoms with E-state index in [1.54, 1.807) is 0 Å². The summed E-state index contributed by atoms with van der Waals surface area (Å²) in [5.41, 5.74) is 0.137. The molecule has 0 aromatic carbocycles. The van der Waals surface area contributed by atoms with Gasteiger partial charge < -0.3 is 15.0 Å². The third kappa shape index (κ3) is 3.84. The normalized spacial score (nSPS) is 35.0. The van der Waals surface area contributed by atoms with Crippen molar-refractivity contribution >= 4 is 6.03 Å². The maximum atomic E-state index is 12.7. The van der Waals surface area contributed by atoms with Crippen LogP contribution in [0.15, 0.2) is 0 Å². The summed E-state index contributed by atoms with van der Waals surface area (Å²) < 4.78 is 6.03. The van der Waals surface area contributed by atoms with E-state index in [9.17, 15) is 4.79 Å². The van der Waals surface area contributed by atoms with Crippen molar-refractivity contribution in [2.24, 2.45) is 17.3 Å². The lowest BCUT2D eigenvalue weighted by atomic mass is 9.78.